The van der Waals surface area contributed by atoms with E-state index in [2.05, 4.69) is 27.9 Å². The topological polar surface area (TPSA) is 29.9 Å². The molecule has 0 amide bonds. The first kappa shape index (κ1) is 11.4. The molecule has 0 radical (unpaired) electrons. The Morgan fingerprint density at radius 2 is 2.44 bits per heavy atom. The van der Waals surface area contributed by atoms with Crippen molar-refractivity contribution in [3.8, 4) is 0 Å². The van der Waals surface area contributed by atoms with Crippen molar-refractivity contribution in [3.63, 3.8) is 0 Å². The third-order valence-electron chi connectivity index (χ3n) is 3.20. The highest BCUT2D eigenvalue weighted by molar-refractivity contribution is 5.07. The molecule has 3 nitrogen and oxygen atoms in total. The van der Waals surface area contributed by atoms with Gasteiger partial charge in [0.1, 0.15) is 0 Å². The summed E-state index contributed by atoms with van der Waals surface area (Å²) >= 11 is 0. The zero-order valence-electron chi connectivity index (χ0n) is 10.1. The minimum atomic E-state index is 0.932. The summed E-state index contributed by atoms with van der Waals surface area (Å²) in [5.41, 5.74) is 2.92. The summed E-state index contributed by atoms with van der Waals surface area (Å²) in [5.74, 6) is 0. The fourth-order valence-electron chi connectivity index (χ4n) is 2.21. The third-order valence-corrected chi connectivity index (χ3v) is 3.20. The predicted octanol–water partition coefficient (Wildman–Crippen LogP) is 2.49. The summed E-state index contributed by atoms with van der Waals surface area (Å²) in [4.78, 5) is 4.16. The van der Waals surface area contributed by atoms with E-state index in [9.17, 15) is 0 Å². The summed E-state index contributed by atoms with van der Waals surface area (Å²) in [6.45, 7) is 5.17. The molecule has 1 aromatic heterocycles. The van der Waals surface area contributed by atoms with E-state index < -0.39 is 0 Å². The Labute approximate surface area is 97.6 Å². The zero-order valence-corrected chi connectivity index (χ0v) is 10.1. The number of hydrogen-bond acceptors (Lipinski definition) is 2. The van der Waals surface area contributed by atoms with Crippen LogP contribution in [0.15, 0.2) is 24.2 Å². The van der Waals surface area contributed by atoms with Crippen LogP contribution >= 0.6 is 0 Å². The van der Waals surface area contributed by atoms with E-state index >= 15 is 0 Å². The van der Waals surface area contributed by atoms with Gasteiger partial charge < -0.3 is 9.88 Å². The van der Waals surface area contributed by atoms with E-state index in [-0.39, 0.29) is 0 Å². The number of aromatic nitrogens is 2. The molecular formula is C13H21N3. The van der Waals surface area contributed by atoms with Crippen molar-refractivity contribution in [1.29, 1.82) is 0 Å². The number of rotatable bonds is 6. The second kappa shape index (κ2) is 5.85. The second-order valence-corrected chi connectivity index (χ2v) is 4.35. The van der Waals surface area contributed by atoms with Crippen molar-refractivity contribution in [3.05, 3.63) is 29.9 Å². The maximum absolute atomic E-state index is 4.16. The number of imidazole rings is 1. The van der Waals surface area contributed by atoms with Gasteiger partial charge in [0, 0.05) is 19.3 Å². The molecule has 0 aliphatic heterocycles. The largest absolute Gasteiger partial charge is 0.334 e. The van der Waals surface area contributed by atoms with Crippen molar-refractivity contribution in [2.75, 3.05) is 6.54 Å². The number of nitrogens with zero attached hydrogens (tertiary/aromatic N) is 2. The van der Waals surface area contributed by atoms with E-state index in [0.29, 0.717) is 0 Å². The summed E-state index contributed by atoms with van der Waals surface area (Å²) in [7, 11) is 0. The van der Waals surface area contributed by atoms with Gasteiger partial charge in [0.2, 0.25) is 0 Å². The highest BCUT2D eigenvalue weighted by atomic mass is 15.1. The molecule has 1 heterocycles. The first-order valence-electron chi connectivity index (χ1n) is 6.27. The minimum Gasteiger partial charge on any atom is -0.334 e. The van der Waals surface area contributed by atoms with Crippen LogP contribution in [0, 0.1) is 0 Å². The Balaban J connectivity index is 1.67. The Bertz CT molecular complexity index is 352. The predicted molar refractivity (Wildman–Crippen MR) is 66.2 cm³/mol. The number of aryl methyl sites for hydroxylation is 1. The van der Waals surface area contributed by atoms with Gasteiger partial charge in [-0.3, -0.25) is 0 Å². The van der Waals surface area contributed by atoms with Gasteiger partial charge in [0.15, 0.2) is 0 Å². The van der Waals surface area contributed by atoms with Gasteiger partial charge in [-0.25, -0.2) is 4.98 Å². The summed E-state index contributed by atoms with van der Waals surface area (Å²) in [6.07, 6.45) is 11.4. The molecule has 1 aliphatic carbocycles. The van der Waals surface area contributed by atoms with E-state index in [1.165, 1.54) is 31.4 Å². The maximum Gasteiger partial charge on any atom is 0.0948 e. The molecule has 2 rings (SSSR count). The van der Waals surface area contributed by atoms with Crippen LogP contribution in [0.4, 0.5) is 0 Å². The Kier molecular flexibility index (Phi) is 4.17. The highest BCUT2D eigenvalue weighted by Crippen LogP contribution is 2.19. The third kappa shape index (κ3) is 2.95. The van der Waals surface area contributed by atoms with E-state index in [0.717, 1.165) is 19.6 Å². The van der Waals surface area contributed by atoms with Gasteiger partial charge in [-0.1, -0.05) is 11.6 Å². The summed E-state index contributed by atoms with van der Waals surface area (Å²) in [5, 5.41) is 3.49. The van der Waals surface area contributed by atoms with Crippen molar-refractivity contribution in [2.24, 2.45) is 0 Å². The van der Waals surface area contributed by atoms with E-state index in [1.54, 1.807) is 5.57 Å². The fourth-order valence-corrected chi connectivity index (χ4v) is 2.21. The minimum absolute atomic E-state index is 0.932. The SMILES string of the molecule is CCn1cncc1CNCCC1=CCCC1. The molecule has 1 aromatic rings. The molecule has 0 saturated heterocycles. The lowest BCUT2D eigenvalue weighted by Gasteiger charge is -2.07. The Hall–Kier alpha value is -1.09. The maximum atomic E-state index is 4.16. The lowest BCUT2D eigenvalue weighted by atomic mass is 10.2. The van der Waals surface area contributed by atoms with Crippen LogP contribution in [0.2, 0.25) is 0 Å². The first-order chi connectivity index (χ1) is 7.90. The Morgan fingerprint density at radius 1 is 1.50 bits per heavy atom. The van der Waals surface area contributed by atoms with Gasteiger partial charge in [-0.15, -0.1) is 0 Å². The van der Waals surface area contributed by atoms with Crippen LogP contribution in [0.5, 0.6) is 0 Å². The fraction of sp³-hybridized carbons (Fsp3) is 0.615. The Morgan fingerprint density at radius 3 is 3.19 bits per heavy atom. The molecule has 0 atom stereocenters. The molecule has 0 unspecified atom stereocenters. The quantitative estimate of drug-likeness (QED) is 0.588. The lowest BCUT2D eigenvalue weighted by Crippen LogP contribution is -2.17. The molecule has 1 aliphatic rings. The smallest absolute Gasteiger partial charge is 0.0948 e. The molecule has 0 aromatic carbocycles. The van der Waals surface area contributed by atoms with Crippen LogP contribution in [-0.4, -0.2) is 16.1 Å². The van der Waals surface area contributed by atoms with Crippen molar-refractivity contribution < 1.29 is 0 Å². The molecule has 0 spiro atoms. The van der Waals surface area contributed by atoms with Crippen molar-refractivity contribution in [1.82, 2.24) is 14.9 Å². The standard InChI is InChI=1S/C13H21N3/c1-2-16-11-15-10-13(16)9-14-8-7-12-5-3-4-6-12/h5,10-11,14H,2-4,6-9H2,1H3. The van der Waals surface area contributed by atoms with Crippen molar-refractivity contribution in [2.45, 2.75) is 45.7 Å². The van der Waals surface area contributed by atoms with Crippen LogP contribution in [0.1, 0.15) is 38.3 Å². The zero-order chi connectivity index (χ0) is 11.2. The van der Waals surface area contributed by atoms with E-state index in [4.69, 9.17) is 0 Å². The monoisotopic (exact) mass is 219 g/mol. The lowest BCUT2D eigenvalue weighted by molar-refractivity contribution is 0.623. The molecular weight excluding hydrogens is 198 g/mol. The molecule has 16 heavy (non-hydrogen) atoms. The van der Waals surface area contributed by atoms with Crippen molar-refractivity contribution >= 4 is 0 Å². The average Bonchev–Trinajstić information content (AvgIpc) is 2.95. The summed E-state index contributed by atoms with van der Waals surface area (Å²) < 4.78 is 2.18. The van der Waals surface area contributed by atoms with Gasteiger partial charge >= 0.3 is 0 Å². The van der Waals surface area contributed by atoms with Gasteiger partial charge in [0.25, 0.3) is 0 Å². The van der Waals surface area contributed by atoms with Gasteiger partial charge in [-0.05, 0) is 39.2 Å². The van der Waals surface area contributed by atoms with Crippen LogP contribution in [0.3, 0.4) is 0 Å². The molecule has 0 bridgehead atoms. The molecule has 0 saturated carbocycles. The second-order valence-electron chi connectivity index (χ2n) is 4.35. The number of hydrogen-bond donors (Lipinski definition) is 1. The molecule has 3 heteroatoms. The van der Waals surface area contributed by atoms with Crippen LogP contribution in [0.25, 0.3) is 0 Å². The summed E-state index contributed by atoms with van der Waals surface area (Å²) in [6, 6.07) is 0. The number of allylic oxidation sites excluding steroid dienone is 1. The van der Waals surface area contributed by atoms with Gasteiger partial charge in [-0.2, -0.15) is 0 Å². The van der Waals surface area contributed by atoms with Gasteiger partial charge in [0.05, 0.1) is 12.0 Å². The normalized spacial score (nSPS) is 15.4. The van der Waals surface area contributed by atoms with Crippen LogP contribution < -0.4 is 5.32 Å². The molecule has 88 valence electrons. The number of nitrogens with one attached hydrogen (secondary N) is 1. The van der Waals surface area contributed by atoms with Crippen LogP contribution in [-0.2, 0) is 13.1 Å². The highest BCUT2D eigenvalue weighted by Gasteiger charge is 2.04. The molecule has 0 fully saturated rings. The van der Waals surface area contributed by atoms with E-state index in [1.807, 2.05) is 12.5 Å². The average molecular weight is 219 g/mol. The first-order valence-corrected chi connectivity index (χ1v) is 6.27. The molecule has 1 N–H and O–H groups in total.